The first-order chi connectivity index (χ1) is 12.7. The molecule has 1 aliphatic carbocycles. The molecule has 0 spiro atoms. The fraction of sp³-hybridized carbons (Fsp3) is 0.727. The number of aliphatic carboxylic acids is 1. The van der Waals surface area contributed by atoms with Crippen molar-refractivity contribution in [1.82, 2.24) is 0 Å². The molecule has 1 rings (SSSR count). The third kappa shape index (κ3) is 7.97. The van der Waals surface area contributed by atoms with E-state index >= 15 is 0 Å². The molecule has 4 atom stereocenters. The fourth-order valence-corrected chi connectivity index (χ4v) is 3.53. The predicted molar refractivity (Wildman–Crippen MR) is 106 cm³/mol. The molecule has 3 N–H and O–H groups in total. The monoisotopic (exact) mass is 380 g/mol. The van der Waals surface area contributed by atoms with Crippen LogP contribution < -0.4 is 0 Å². The van der Waals surface area contributed by atoms with E-state index in [2.05, 4.69) is 6.92 Å². The first-order valence-electron chi connectivity index (χ1n) is 10.1. The van der Waals surface area contributed by atoms with Crippen molar-refractivity contribution in [1.29, 1.82) is 0 Å². The second-order valence-electron chi connectivity index (χ2n) is 8.34. The second kappa shape index (κ2) is 11.4. The number of unbranched alkanes of at least 4 members (excludes halogenated alkanes) is 2. The van der Waals surface area contributed by atoms with Crippen LogP contribution in [0, 0.1) is 17.3 Å². The Morgan fingerprint density at radius 1 is 1.30 bits per heavy atom. The maximum Gasteiger partial charge on any atom is 0.303 e. The van der Waals surface area contributed by atoms with Crippen molar-refractivity contribution in [2.45, 2.75) is 84.3 Å². The van der Waals surface area contributed by atoms with Crippen molar-refractivity contribution in [3.63, 3.8) is 0 Å². The topological polar surface area (TPSA) is 94.8 Å². The number of carboxylic acids is 1. The Kier molecular flexibility index (Phi) is 9.95. The summed E-state index contributed by atoms with van der Waals surface area (Å²) in [6.07, 6.45) is 11.2. The maximum absolute atomic E-state index is 12.2. The van der Waals surface area contributed by atoms with E-state index in [1.165, 1.54) is 0 Å². The van der Waals surface area contributed by atoms with Gasteiger partial charge in [0, 0.05) is 24.7 Å². The second-order valence-corrected chi connectivity index (χ2v) is 8.34. The van der Waals surface area contributed by atoms with Crippen LogP contribution in [0.4, 0.5) is 0 Å². The molecule has 1 saturated carbocycles. The largest absolute Gasteiger partial charge is 0.481 e. The molecule has 0 heterocycles. The van der Waals surface area contributed by atoms with Crippen molar-refractivity contribution in [3.05, 3.63) is 24.3 Å². The number of carbonyl (C=O) groups is 2. The number of carbonyl (C=O) groups excluding carboxylic acids is 1. The summed E-state index contributed by atoms with van der Waals surface area (Å²) in [5.41, 5.74) is -0.236. The van der Waals surface area contributed by atoms with E-state index < -0.39 is 18.2 Å². The molecule has 5 heteroatoms. The molecule has 1 aliphatic rings. The summed E-state index contributed by atoms with van der Waals surface area (Å²) >= 11 is 0. The van der Waals surface area contributed by atoms with Crippen LogP contribution in [0.3, 0.4) is 0 Å². The Labute approximate surface area is 163 Å². The summed E-state index contributed by atoms with van der Waals surface area (Å²) in [5.74, 6) is -1.31. The Bertz CT molecular complexity index is 535. The molecule has 0 amide bonds. The van der Waals surface area contributed by atoms with Crippen LogP contribution in [0.2, 0.25) is 0 Å². The summed E-state index contributed by atoms with van der Waals surface area (Å²) < 4.78 is 0. The average molecular weight is 381 g/mol. The molecule has 0 aromatic carbocycles. The highest BCUT2D eigenvalue weighted by Crippen LogP contribution is 2.35. The molecule has 5 nitrogen and oxygen atoms in total. The highest BCUT2D eigenvalue weighted by Gasteiger charge is 2.39. The number of rotatable bonds is 12. The van der Waals surface area contributed by atoms with Crippen LogP contribution in [-0.4, -0.2) is 39.3 Å². The zero-order valence-electron chi connectivity index (χ0n) is 16.9. The summed E-state index contributed by atoms with van der Waals surface area (Å²) in [6, 6.07) is 0. The van der Waals surface area contributed by atoms with Crippen LogP contribution in [0.15, 0.2) is 24.3 Å². The zero-order chi connectivity index (χ0) is 20.4. The highest BCUT2D eigenvalue weighted by molar-refractivity contribution is 5.84. The van der Waals surface area contributed by atoms with Crippen LogP contribution >= 0.6 is 0 Å². The van der Waals surface area contributed by atoms with Crippen LogP contribution in [0.1, 0.15) is 72.1 Å². The first kappa shape index (κ1) is 23.6. The smallest absolute Gasteiger partial charge is 0.303 e. The lowest BCUT2D eigenvalue weighted by Gasteiger charge is -2.29. The number of hydrogen-bond donors (Lipinski definition) is 3. The van der Waals surface area contributed by atoms with Gasteiger partial charge in [-0.1, -0.05) is 57.9 Å². The van der Waals surface area contributed by atoms with Gasteiger partial charge < -0.3 is 15.3 Å². The van der Waals surface area contributed by atoms with Gasteiger partial charge in [-0.15, -0.1) is 0 Å². The summed E-state index contributed by atoms with van der Waals surface area (Å²) in [4.78, 5) is 22.7. The lowest BCUT2D eigenvalue weighted by Crippen LogP contribution is -2.28. The van der Waals surface area contributed by atoms with Gasteiger partial charge in [-0.25, -0.2) is 0 Å². The molecule has 0 radical (unpaired) electrons. The Balaban J connectivity index is 2.63. The SMILES string of the molecule is CCCCC(C)(C)[C@H](O)/C=C/[C@H]1[C@H](O)CC(=O)[C@@H]1C/C=C/CCCC(=O)O. The van der Waals surface area contributed by atoms with Gasteiger partial charge in [-0.3, -0.25) is 9.59 Å². The molecule has 27 heavy (non-hydrogen) atoms. The first-order valence-corrected chi connectivity index (χ1v) is 10.1. The van der Waals surface area contributed by atoms with Crippen molar-refractivity contribution in [2.24, 2.45) is 17.3 Å². The number of carboxylic acid groups (broad SMARTS) is 1. The van der Waals surface area contributed by atoms with Gasteiger partial charge in [-0.2, -0.15) is 0 Å². The molecule has 0 saturated heterocycles. The molecule has 154 valence electrons. The molecule has 0 unspecified atom stereocenters. The molecule has 1 fully saturated rings. The maximum atomic E-state index is 12.2. The minimum absolute atomic E-state index is 0.0482. The Morgan fingerprint density at radius 2 is 2.00 bits per heavy atom. The predicted octanol–water partition coefficient (Wildman–Crippen LogP) is 3.89. The van der Waals surface area contributed by atoms with E-state index in [9.17, 15) is 19.8 Å². The summed E-state index contributed by atoms with van der Waals surface area (Å²) in [6.45, 7) is 6.19. The third-order valence-corrected chi connectivity index (χ3v) is 5.54. The number of Topliss-reactive ketones (excluding diaryl/α,β-unsaturated/α-hetero) is 1. The fourth-order valence-electron chi connectivity index (χ4n) is 3.53. The van der Waals surface area contributed by atoms with Crippen LogP contribution in [0.5, 0.6) is 0 Å². The molecular weight excluding hydrogens is 344 g/mol. The van der Waals surface area contributed by atoms with Crippen molar-refractivity contribution >= 4 is 11.8 Å². The molecule has 0 bridgehead atoms. The summed E-state index contributed by atoms with van der Waals surface area (Å²) in [7, 11) is 0. The van der Waals surface area contributed by atoms with E-state index in [-0.39, 0.29) is 35.9 Å². The number of aliphatic hydroxyl groups is 2. The normalized spacial score (nSPS) is 24.9. The van der Waals surface area contributed by atoms with E-state index in [4.69, 9.17) is 5.11 Å². The third-order valence-electron chi connectivity index (χ3n) is 5.54. The Hall–Kier alpha value is -1.46. The molecular formula is C22H36O5. The van der Waals surface area contributed by atoms with Gasteiger partial charge in [-0.05, 0) is 31.1 Å². The van der Waals surface area contributed by atoms with Crippen LogP contribution in [0.25, 0.3) is 0 Å². The van der Waals surface area contributed by atoms with Crippen molar-refractivity contribution in [3.8, 4) is 0 Å². The number of aliphatic hydroxyl groups excluding tert-OH is 2. The summed E-state index contributed by atoms with van der Waals surface area (Å²) in [5, 5.41) is 29.4. The lowest BCUT2D eigenvalue weighted by molar-refractivity contribution is -0.137. The van der Waals surface area contributed by atoms with Gasteiger partial charge >= 0.3 is 5.97 Å². The molecule has 0 aromatic rings. The minimum Gasteiger partial charge on any atom is -0.481 e. The van der Waals surface area contributed by atoms with E-state index in [0.717, 1.165) is 19.3 Å². The van der Waals surface area contributed by atoms with E-state index in [1.54, 1.807) is 6.08 Å². The lowest BCUT2D eigenvalue weighted by atomic mass is 9.80. The van der Waals surface area contributed by atoms with Gasteiger partial charge in [0.2, 0.25) is 0 Å². The highest BCUT2D eigenvalue weighted by atomic mass is 16.4. The van der Waals surface area contributed by atoms with E-state index in [1.807, 2.05) is 32.1 Å². The van der Waals surface area contributed by atoms with Gasteiger partial charge in [0.25, 0.3) is 0 Å². The average Bonchev–Trinajstić information content (AvgIpc) is 2.86. The minimum atomic E-state index is -0.803. The number of ketones is 1. The van der Waals surface area contributed by atoms with Crippen LogP contribution in [-0.2, 0) is 9.59 Å². The molecule has 0 aliphatic heterocycles. The van der Waals surface area contributed by atoms with Gasteiger partial charge in [0.05, 0.1) is 12.2 Å². The van der Waals surface area contributed by atoms with Gasteiger partial charge in [0.15, 0.2) is 0 Å². The number of hydrogen-bond acceptors (Lipinski definition) is 4. The quantitative estimate of drug-likeness (QED) is 0.353. The number of allylic oxidation sites excluding steroid dienone is 2. The van der Waals surface area contributed by atoms with Crippen molar-refractivity contribution in [2.75, 3.05) is 0 Å². The molecule has 0 aromatic heterocycles. The van der Waals surface area contributed by atoms with E-state index in [0.29, 0.717) is 19.3 Å². The van der Waals surface area contributed by atoms with Gasteiger partial charge in [0.1, 0.15) is 5.78 Å². The zero-order valence-corrected chi connectivity index (χ0v) is 16.9. The standard InChI is InChI=1S/C22H36O5/c1-4-5-14-22(2,3)20(25)13-12-17-16(18(23)15-19(17)24)10-8-6-7-9-11-21(26)27/h6,8,12-13,16-17,19-20,24-25H,4-5,7,9-11,14-15H2,1-3H3,(H,26,27)/b8-6+,13-12+/t16-,17-,19-,20-/m1/s1. The Morgan fingerprint density at radius 3 is 2.63 bits per heavy atom. The van der Waals surface area contributed by atoms with Crippen molar-refractivity contribution < 1.29 is 24.9 Å².